The van der Waals surface area contributed by atoms with Crippen LogP contribution in [0, 0.1) is 17.8 Å². The van der Waals surface area contributed by atoms with Gasteiger partial charge >= 0.3 is 0 Å². The second-order valence-corrected chi connectivity index (χ2v) is 7.27. The first-order chi connectivity index (χ1) is 8.85. The number of nitrogens with one attached hydrogen (secondary N) is 1. The zero-order chi connectivity index (χ0) is 12.4. The van der Waals surface area contributed by atoms with Gasteiger partial charge in [0.05, 0.1) is 0 Å². The molecule has 104 valence electrons. The van der Waals surface area contributed by atoms with E-state index in [4.69, 9.17) is 0 Å². The summed E-state index contributed by atoms with van der Waals surface area (Å²) in [6.45, 7) is 2.37. The molecule has 0 aromatic rings. The molecule has 1 N–H and O–H groups in total. The van der Waals surface area contributed by atoms with Crippen molar-refractivity contribution >= 4 is 0 Å². The highest BCUT2D eigenvalue weighted by atomic mass is 15.0. The normalized spacial score (nSPS) is 41.8. The molecule has 4 unspecified atom stereocenters. The van der Waals surface area contributed by atoms with Crippen LogP contribution >= 0.6 is 0 Å². The summed E-state index contributed by atoms with van der Waals surface area (Å²) in [7, 11) is 0. The van der Waals surface area contributed by atoms with Gasteiger partial charge in [-0.2, -0.15) is 0 Å². The maximum atomic E-state index is 4.03. The Morgan fingerprint density at radius 3 is 2.22 bits per heavy atom. The molecule has 0 radical (unpaired) electrons. The van der Waals surface area contributed by atoms with Gasteiger partial charge in [0.25, 0.3) is 0 Å². The van der Waals surface area contributed by atoms with Crippen molar-refractivity contribution in [2.45, 2.75) is 89.6 Å². The predicted octanol–water partition coefficient (Wildman–Crippen LogP) is 4.51. The van der Waals surface area contributed by atoms with Crippen LogP contribution in [0.3, 0.4) is 0 Å². The fourth-order valence-electron chi connectivity index (χ4n) is 4.52. The highest BCUT2D eigenvalue weighted by Crippen LogP contribution is 2.44. The molecule has 0 aromatic carbocycles. The Kier molecular flexibility index (Phi) is 4.28. The lowest BCUT2D eigenvalue weighted by molar-refractivity contribution is 0.208. The molecule has 3 aliphatic carbocycles. The topological polar surface area (TPSA) is 12.0 Å². The van der Waals surface area contributed by atoms with Gasteiger partial charge in [0.15, 0.2) is 0 Å². The Morgan fingerprint density at radius 2 is 1.50 bits per heavy atom. The average Bonchev–Trinajstić information content (AvgIpc) is 3.24. The van der Waals surface area contributed by atoms with Gasteiger partial charge in [-0.1, -0.05) is 39.0 Å². The van der Waals surface area contributed by atoms with E-state index in [1.165, 1.54) is 57.8 Å². The monoisotopic (exact) mass is 249 g/mol. The lowest BCUT2D eigenvalue weighted by Crippen LogP contribution is -2.43. The van der Waals surface area contributed by atoms with Gasteiger partial charge in [-0.25, -0.2) is 0 Å². The Balaban J connectivity index is 1.46. The van der Waals surface area contributed by atoms with E-state index in [1.54, 1.807) is 12.8 Å². The van der Waals surface area contributed by atoms with Crippen molar-refractivity contribution < 1.29 is 0 Å². The molecule has 3 aliphatic rings. The predicted molar refractivity (Wildman–Crippen MR) is 77.6 cm³/mol. The SMILES string of the molecule is CCC1CCCC(NC2CCCC(C3CC3)C2)C1. The van der Waals surface area contributed by atoms with E-state index in [0.29, 0.717) is 0 Å². The molecule has 3 saturated carbocycles. The van der Waals surface area contributed by atoms with E-state index < -0.39 is 0 Å². The first-order valence-corrected chi connectivity index (χ1v) is 8.61. The first kappa shape index (κ1) is 13.0. The van der Waals surface area contributed by atoms with Gasteiger partial charge < -0.3 is 5.32 Å². The van der Waals surface area contributed by atoms with Crippen LogP contribution in [0.5, 0.6) is 0 Å². The summed E-state index contributed by atoms with van der Waals surface area (Å²) in [5.74, 6) is 3.23. The van der Waals surface area contributed by atoms with Crippen molar-refractivity contribution in [3.05, 3.63) is 0 Å². The summed E-state index contributed by atoms with van der Waals surface area (Å²) >= 11 is 0. The Morgan fingerprint density at radius 1 is 0.778 bits per heavy atom. The quantitative estimate of drug-likeness (QED) is 0.773. The largest absolute Gasteiger partial charge is 0.311 e. The van der Waals surface area contributed by atoms with Gasteiger partial charge in [0, 0.05) is 12.1 Å². The first-order valence-electron chi connectivity index (χ1n) is 8.61. The van der Waals surface area contributed by atoms with E-state index >= 15 is 0 Å². The van der Waals surface area contributed by atoms with Gasteiger partial charge in [0.1, 0.15) is 0 Å². The lowest BCUT2D eigenvalue weighted by Gasteiger charge is -2.36. The zero-order valence-corrected chi connectivity index (χ0v) is 12.2. The molecule has 0 aromatic heterocycles. The molecular weight excluding hydrogens is 218 g/mol. The van der Waals surface area contributed by atoms with Crippen LogP contribution in [0.15, 0.2) is 0 Å². The molecule has 0 saturated heterocycles. The molecule has 0 spiro atoms. The second kappa shape index (κ2) is 5.94. The average molecular weight is 249 g/mol. The van der Waals surface area contributed by atoms with E-state index in [-0.39, 0.29) is 0 Å². The summed E-state index contributed by atoms with van der Waals surface area (Å²) < 4.78 is 0. The molecule has 4 atom stereocenters. The molecule has 1 heteroatoms. The highest BCUT2D eigenvalue weighted by Gasteiger charge is 2.35. The van der Waals surface area contributed by atoms with Crippen LogP contribution in [0.4, 0.5) is 0 Å². The van der Waals surface area contributed by atoms with E-state index in [9.17, 15) is 0 Å². The summed E-state index contributed by atoms with van der Waals surface area (Å²) in [5.41, 5.74) is 0. The van der Waals surface area contributed by atoms with Gasteiger partial charge in [-0.3, -0.25) is 0 Å². The molecule has 1 nitrogen and oxygen atoms in total. The van der Waals surface area contributed by atoms with Crippen LogP contribution in [0.2, 0.25) is 0 Å². The Hall–Kier alpha value is -0.0400. The molecule has 18 heavy (non-hydrogen) atoms. The highest BCUT2D eigenvalue weighted by molar-refractivity contribution is 4.89. The number of hydrogen-bond acceptors (Lipinski definition) is 1. The minimum absolute atomic E-state index is 0.853. The second-order valence-electron chi connectivity index (χ2n) is 7.27. The van der Waals surface area contributed by atoms with E-state index in [1.807, 2.05) is 0 Å². The van der Waals surface area contributed by atoms with Crippen LogP contribution < -0.4 is 5.32 Å². The van der Waals surface area contributed by atoms with Gasteiger partial charge in [-0.15, -0.1) is 0 Å². The Bertz CT molecular complexity index is 258. The summed E-state index contributed by atoms with van der Waals surface area (Å²) in [6, 6.07) is 1.72. The minimum atomic E-state index is 0.853. The molecule has 0 amide bonds. The zero-order valence-electron chi connectivity index (χ0n) is 12.2. The van der Waals surface area contributed by atoms with Crippen LogP contribution in [0.1, 0.15) is 77.6 Å². The summed E-state index contributed by atoms with van der Waals surface area (Å²) in [4.78, 5) is 0. The van der Waals surface area contributed by atoms with Crippen molar-refractivity contribution in [3.8, 4) is 0 Å². The standard InChI is InChI=1S/C17H31N/c1-2-13-5-3-7-16(11-13)18-17-8-4-6-15(12-17)14-9-10-14/h13-18H,2-12H2,1H3. The fourth-order valence-corrected chi connectivity index (χ4v) is 4.52. The summed E-state index contributed by atoms with van der Waals surface area (Å²) in [5, 5.41) is 4.03. The number of rotatable bonds is 4. The number of hydrogen-bond donors (Lipinski definition) is 1. The molecule has 3 fully saturated rings. The van der Waals surface area contributed by atoms with Crippen molar-refractivity contribution in [2.24, 2.45) is 17.8 Å². The molecule has 0 bridgehead atoms. The van der Waals surface area contributed by atoms with Gasteiger partial charge in [-0.05, 0) is 56.3 Å². The molecule has 0 heterocycles. The van der Waals surface area contributed by atoms with Gasteiger partial charge in [0.2, 0.25) is 0 Å². The molecular formula is C17H31N. The van der Waals surface area contributed by atoms with E-state index in [0.717, 1.165) is 29.8 Å². The van der Waals surface area contributed by atoms with Crippen molar-refractivity contribution in [1.29, 1.82) is 0 Å². The third-order valence-electron chi connectivity index (χ3n) is 5.84. The van der Waals surface area contributed by atoms with Crippen LogP contribution in [0.25, 0.3) is 0 Å². The smallest absolute Gasteiger partial charge is 0.00723 e. The maximum absolute atomic E-state index is 4.03. The molecule has 3 rings (SSSR count). The minimum Gasteiger partial charge on any atom is -0.311 e. The van der Waals surface area contributed by atoms with Crippen molar-refractivity contribution in [2.75, 3.05) is 0 Å². The lowest BCUT2D eigenvalue weighted by atomic mass is 9.80. The van der Waals surface area contributed by atoms with Crippen LogP contribution in [-0.2, 0) is 0 Å². The van der Waals surface area contributed by atoms with Crippen molar-refractivity contribution in [1.82, 2.24) is 5.32 Å². The molecule has 0 aliphatic heterocycles. The third kappa shape index (κ3) is 3.29. The Labute approximate surface area is 113 Å². The fraction of sp³-hybridized carbons (Fsp3) is 1.00. The van der Waals surface area contributed by atoms with Crippen LogP contribution in [-0.4, -0.2) is 12.1 Å². The maximum Gasteiger partial charge on any atom is 0.00723 e. The summed E-state index contributed by atoms with van der Waals surface area (Å²) in [6.07, 6.45) is 16.3. The van der Waals surface area contributed by atoms with Crippen molar-refractivity contribution in [3.63, 3.8) is 0 Å². The van der Waals surface area contributed by atoms with E-state index in [2.05, 4.69) is 12.2 Å². The third-order valence-corrected chi connectivity index (χ3v) is 5.84.